The number of H-pyrrole nitrogens is 1. The van der Waals surface area contributed by atoms with E-state index in [1.165, 1.54) is 16.7 Å². The maximum absolute atomic E-state index is 12.6. The molecule has 1 amide bonds. The van der Waals surface area contributed by atoms with Crippen molar-refractivity contribution >= 4 is 5.91 Å². The number of phenols is 1. The lowest BCUT2D eigenvalue weighted by molar-refractivity contribution is -0.122. The molecule has 7 heteroatoms. The van der Waals surface area contributed by atoms with E-state index in [1.54, 1.807) is 12.1 Å². The average Bonchev–Trinajstić information content (AvgIpc) is 2.80. The fraction of sp³-hybridized carbons (Fsp3) is 0.414. The molecule has 3 rings (SSSR count). The van der Waals surface area contributed by atoms with Gasteiger partial charge in [0.1, 0.15) is 11.4 Å². The van der Waals surface area contributed by atoms with Gasteiger partial charge >= 0.3 is 0 Å². The molecule has 1 aromatic heterocycles. The SMILES string of the molecule is Cc1cccc(C)c1Cc1[nH]c(=O)c(CCCCNC(=O)[C@@H](N)Cc2c(C)cc(O)cc2C)nc1C. The van der Waals surface area contributed by atoms with E-state index in [2.05, 4.69) is 41.3 Å². The Kier molecular flexibility index (Phi) is 9.04. The summed E-state index contributed by atoms with van der Waals surface area (Å²) in [6, 6.07) is 8.90. The number of carbonyl (C=O) groups is 1. The Morgan fingerprint density at radius 1 is 1.03 bits per heavy atom. The summed E-state index contributed by atoms with van der Waals surface area (Å²) >= 11 is 0. The third-order valence-corrected chi connectivity index (χ3v) is 6.85. The molecule has 0 radical (unpaired) electrons. The highest BCUT2D eigenvalue weighted by atomic mass is 16.3. The Bertz CT molecular complexity index is 1250. The first-order valence-corrected chi connectivity index (χ1v) is 12.5. The molecule has 0 unspecified atom stereocenters. The summed E-state index contributed by atoms with van der Waals surface area (Å²) in [5.41, 5.74) is 14.6. The molecule has 36 heavy (non-hydrogen) atoms. The quantitative estimate of drug-likeness (QED) is 0.324. The van der Waals surface area contributed by atoms with Crippen LogP contribution in [0.1, 0.15) is 63.3 Å². The number of hydrogen-bond donors (Lipinski definition) is 4. The van der Waals surface area contributed by atoms with Gasteiger partial charge in [-0.3, -0.25) is 14.6 Å². The van der Waals surface area contributed by atoms with Crippen LogP contribution < -0.4 is 16.6 Å². The summed E-state index contributed by atoms with van der Waals surface area (Å²) in [7, 11) is 0. The second kappa shape index (κ2) is 12.0. The van der Waals surface area contributed by atoms with Crippen LogP contribution in [-0.2, 0) is 24.1 Å². The number of aromatic amines is 1. The lowest BCUT2D eigenvalue weighted by atomic mass is 9.96. The Hall–Kier alpha value is -3.45. The zero-order valence-electron chi connectivity index (χ0n) is 22.0. The zero-order valence-corrected chi connectivity index (χ0v) is 22.0. The van der Waals surface area contributed by atoms with Crippen molar-refractivity contribution in [3.63, 3.8) is 0 Å². The number of nitrogens with one attached hydrogen (secondary N) is 2. The second-order valence-corrected chi connectivity index (χ2v) is 9.74. The molecule has 3 aromatic rings. The minimum atomic E-state index is -0.663. The largest absolute Gasteiger partial charge is 0.508 e. The number of carbonyl (C=O) groups excluding carboxylic acids is 1. The molecule has 192 valence electrons. The zero-order chi connectivity index (χ0) is 26.4. The smallest absolute Gasteiger partial charge is 0.269 e. The van der Waals surface area contributed by atoms with Gasteiger partial charge in [-0.05, 0) is 106 Å². The van der Waals surface area contributed by atoms with Gasteiger partial charge in [0.25, 0.3) is 5.56 Å². The summed E-state index contributed by atoms with van der Waals surface area (Å²) in [5.74, 6) is 0.0101. The second-order valence-electron chi connectivity index (χ2n) is 9.74. The van der Waals surface area contributed by atoms with Crippen molar-refractivity contribution < 1.29 is 9.90 Å². The number of rotatable bonds is 10. The maximum Gasteiger partial charge on any atom is 0.269 e. The molecule has 0 fully saturated rings. The highest BCUT2D eigenvalue weighted by Crippen LogP contribution is 2.22. The first-order chi connectivity index (χ1) is 17.1. The van der Waals surface area contributed by atoms with Crippen LogP contribution >= 0.6 is 0 Å². The number of phenolic OH excluding ortho intramolecular Hbond substituents is 1. The first kappa shape index (κ1) is 27.1. The third kappa shape index (κ3) is 6.82. The van der Waals surface area contributed by atoms with Gasteiger partial charge in [0, 0.05) is 18.7 Å². The minimum absolute atomic E-state index is 0.146. The van der Waals surface area contributed by atoms with Crippen molar-refractivity contribution in [3.05, 3.63) is 91.1 Å². The van der Waals surface area contributed by atoms with Crippen LogP contribution in [0.4, 0.5) is 0 Å². The highest BCUT2D eigenvalue weighted by Gasteiger charge is 2.17. The normalized spacial score (nSPS) is 11.9. The Morgan fingerprint density at radius 2 is 1.67 bits per heavy atom. The fourth-order valence-corrected chi connectivity index (χ4v) is 4.63. The van der Waals surface area contributed by atoms with E-state index in [1.807, 2.05) is 26.8 Å². The summed E-state index contributed by atoms with van der Waals surface area (Å²) in [5, 5.41) is 12.6. The van der Waals surface area contributed by atoms with Gasteiger partial charge in [-0.25, -0.2) is 0 Å². The van der Waals surface area contributed by atoms with Crippen molar-refractivity contribution in [2.45, 2.75) is 72.8 Å². The average molecular weight is 491 g/mol. The van der Waals surface area contributed by atoms with E-state index in [4.69, 9.17) is 5.73 Å². The van der Waals surface area contributed by atoms with E-state index in [9.17, 15) is 14.7 Å². The summed E-state index contributed by atoms with van der Waals surface area (Å²) < 4.78 is 0. The molecule has 7 nitrogen and oxygen atoms in total. The minimum Gasteiger partial charge on any atom is -0.508 e. The number of nitrogens with zero attached hydrogens (tertiary/aromatic N) is 1. The maximum atomic E-state index is 12.6. The van der Waals surface area contributed by atoms with Crippen LogP contribution in [0.2, 0.25) is 0 Å². The molecule has 0 bridgehead atoms. The number of unbranched alkanes of at least 4 members (excludes halogenated alkanes) is 1. The third-order valence-electron chi connectivity index (χ3n) is 6.85. The van der Waals surface area contributed by atoms with Crippen molar-refractivity contribution in [2.24, 2.45) is 5.73 Å². The standard InChI is InChI=1S/C29H38N4O3/c1-17-9-8-10-18(2)24(17)16-27-21(5)32-26(29(36)33-27)11-6-7-12-31-28(35)25(30)15-23-19(3)13-22(34)14-20(23)4/h8-10,13-14,25,34H,6-7,11-12,15-16,30H2,1-5H3,(H,31,35)(H,33,36)/t25-/m0/s1. The van der Waals surface area contributed by atoms with Gasteiger partial charge in [0.15, 0.2) is 0 Å². The predicted octanol–water partition coefficient (Wildman–Crippen LogP) is 3.62. The van der Waals surface area contributed by atoms with E-state index in [-0.39, 0.29) is 17.2 Å². The number of amides is 1. The summed E-state index contributed by atoms with van der Waals surface area (Å²) in [4.78, 5) is 32.7. The van der Waals surface area contributed by atoms with Gasteiger partial charge < -0.3 is 21.1 Å². The Balaban J connectivity index is 1.49. The van der Waals surface area contributed by atoms with Crippen molar-refractivity contribution in [1.29, 1.82) is 0 Å². The number of aromatic nitrogens is 2. The molecular formula is C29H38N4O3. The lowest BCUT2D eigenvalue weighted by Gasteiger charge is -2.16. The van der Waals surface area contributed by atoms with Gasteiger partial charge in [-0.2, -0.15) is 0 Å². The predicted molar refractivity (Wildman–Crippen MR) is 144 cm³/mol. The van der Waals surface area contributed by atoms with Gasteiger partial charge in [-0.15, -0.1) is 0 Å². The lowest BCUT2D eigenvalue weighted by Crippen LogP contribution is -2.42. The van der Waals surface area contributed by atoms with Crippen LogP contribution in [0.15, 0.2) is 35.1 Å². The molecule has 0 aliphatic carbocycles. The number of benzene rings is 2. The first-order valence-electron chi connectivity index (χ1n) is 12.5. The van der Waals surface area contributed by atoms with Crippen LogP contribution in [0.25, 0.3) is 0 Å². The molecule has 0 aliphatic rings. The molecule has 2 aromatic carbocycles. The molecule has 1 heterocycles. The summed E-state index contributed by atoms with van der Waals surface area (Å²) in [6.45, 7) is 10.4. The van der Waals surface area contributed by atoms with Crippen molar-refractivity contribution in [3.8, 4) is 5.75 Å². The topological polar surface area (TPSA) is 121 Å². The molecular weight excluding hydrogens is 452 g/mol. The van der Waals surface area contributed by atoms with Crippen LogP contribution in [0, 0.1) is 34.6 Å². The number of nitrogens with two attached hydrogens (primary N) is 1. The molecule has 0 spiro atoms. The molecule has 0 saturated heterocycles. The van der Waals surface area contributed by atoms with Gasteiger partial charge in [0.2, 0.25) is 5.91 Å². The summed E-state index contributed by atoms with van der Waals surface area (Å²) in [6.07, 6.45) is 3.07. The Morgan fingerprint density at radius 3 is 2.31 bits per heavy atom. The molecule has 0 aliphatic heterocycles. The van der Waals surface area contributed by atoms with E-state index in [0.717, 1.165) is 40.9 Å². The van der Waals surface area contributed by atoms with Gasteiger partial charge in [-0.1, -0.05) is 18.2 Å². The molecule has 1 atom stereocenters. The van der Waals surface area contributed by atoms with E-state index in [0.29, 0.717) is 31.5 Å². The number of aromatic hydroxyl groups is 1. The molecule has 0 saturated carbocycles. The number of hydrogen-bond acceptors (Lipinski definition) is 5. The Labute approximate surface area is 213 Å². The molecule has 5 N–H and O–H groups in total. The number of aryl methyl sites for hydroxylation is 6. The van der Waals surface area contributed by atoms with Crippen molar-refractivity contribution in [2.75, 3.05) is 6.54 Å². The van der Waals surface area contributed by atoms with Crippen molar-refractivity contribution in [1.82, 2.24) is 15.3 Å². The van der Waals surface area contributed by atoms with E-state index < -0.39 is 6.04 Å². The highest BCUT2D eigenvalue weighted by molar-refractivity contribution is 5.81. The monoisotopic (exact) mass is 490 g/mol. The van der Waals surface area contributed by atoms with Crippen LogP contribution in [0.5, 0.6) is 5.75 Å². The fourth-order valence-electron chi connectivity index (χ4n) is 4.63. The van der Waals surface area contributed by atoms with Gasteiger partial charge in [0.05, 0.1) is 11.7 Å². The van der Waals surface area contributed by atoms with E-state index >= 15 is 0 Å². The van der Waals surface area contributed by atoms with Crippen LogP contribution in [-0.4, -0.2) is 33.6 Å². The van der Waals surface area contributed by atoms with Crippen LogP contribution in [0.3, 0.4) is 0 Å².